The van der Waals surface area contributed by atoms with E-state index < -0.39 is 17.3 Å². The number of amides is 1. The van der Waals surface area contributed by atoms with Crippen molar-refractivity contribution in [2.75, 3.05) is 13.1 Å². The normalized spacial score (nSPS) is 18.2. The van der Waals surface area contributed by atoms with Gasteiger partial charge in [-0.2, -0.15) is 4.39 Å². The van der Waals surface area contributed by atoms with Crippen LogP contribution in [0, 0.1) is 37.1 Å². The number of hydrogen-bond acceptors (Lipinski definition) is 4. The largest absolute Gasteiger partial charge is 0.339 e. The minimum absolute atomic E-state index is 0.0391. The highest BCUT2D eigenvalue weighted by atomic mass is 19.1. The molecule has 0 radical (unpaired) electrons. The van der Waals surface area contributed by atoms with Crippen LogP contribution >= 0.6 is 0 Å². The quantitative estimate of drug-likeness (QED) is 0.395. The molecule has 1 amide bonds. The van der Waals surface area contributed by atoms with Crippen molar-refractivity contribution in [3.63, 3.8) is 0 Å². The average molecular weight is 447 g/mol. The highest BCUT2D eigenvalue weighted by molar-refractivity contribution is 6.10. The smallest absolute Gasteiger partial charge is 0.254 e. The van der Waals surface area contributed by atoms with Gasteiger partial charge in [0, 0.05) is 49.3 Å². The molecule has 2 aliphatic rings. The van der Waals surface area contributed by atoms with Gasteiger partial charge >= 0.3 is 0 Å². The predicted molar refractivity (Wildman–Crippen MR) is 122 cm³/mol. The lowest BCUT2D eigenvalue weighted by atomic mass is 9.62. The molecule has 170 valence electrons. The number of nitrogens with zero attached hydrogens (tertiary/aromatic N) is 2. The van der Waals surface area contributed by atoms with Crippen LogP contribution in [0.1, 0.15) is 71.1 Å². The summed E-state index contributed by atoms with van der Waals surface area (Å²) in [6.45, 7) is 6.52. The molecule has 6 heteroatoms. The number of aromatic nitrogens is 1. The zero-order valence-corrected chi connectivity index (χ0v) is 19.2. The van der Waals surface area contributed by atoms with E-state index in [9.17, 15) is 18.8 Å². The maximum Gasteiger partial charge on any atom is 0.254 e. The van der Waals surface area contributed by atoms with Gasteiger partial charge in [-0.15, -0.1) is 5.92 Å². The maximum atomic E-state index is 13.4. The van der Waals surface area contributed by atoms with Crippen molar-refractivity contribution in [2.24, 2.45) is 5.41 Å². The fraction of sp³-hybridized carbons (Fsp3) is 0.407. The third-order valence-corrected chi connectivity index (χ3v) is 6.98. The molecule has 1 aliphatic carbocycles. The first-order valence-corrected chi connectivity index (χ1v) is 11.2. The number of pyridine rings is 1. The number of Topliss-reactive ketones (excluding diaryl/α,β-unsaturated/α-hetero) is 2. The van der Waals surface area contributed by atoms with Crippen LogP contribution in [0.3, 0.4) is 0 Å². The second-order valence-electron chi connectivity index (χ2n) is 9.28. The Kier molecular flexibility index (Phi) is 6.16. The topological polar surface area (TPSA) is 67.3 Å². The van der Waals surface area contributed by atoms with Gasteiger partial charge in [0.05, 0.1) is 0 Å². The summed E-state index contributed by atoms with van der Waals surface area (Å²) < 4.78 is 13.4. The molecule has 1 aliphatic heterocycles. The van der Waals surface area contributed by atoms with E-state index in [0.29, 0.717) is 38.8 Å². The number of likely N-dealkylation sites (tertiary alicyclic amines) is 1. The molecule has 0 atom stereocenters. The highest BCUT2D eigenvalue weighted by Crippen LogP contribution is 2.46. The Labute approximate surface area is 193 Å². The number of carbonyl (C=O) groups is 3. The molecule has 33 heavy (non-hydrogen) atoms. The summed E-state index contributed by atoms with van der Waals surface area (Å²) in [6, 6.07) is 6.51. The first kappa shape index (κ1) is 22.8. The number of rotatable bonds is 2. The van der Waals surface area contributed by atoms with Gasteiger partial charge in [-0.25, -0.2) is 4.98 Å². The summed E-state index contributed by atoms with van der Waals surface area (Å²) in [4.78, 5) is 44.5. The number of benzene rings is 1. The maximum absolute atomic E-state index is 13.4. The molecule has 1 spiro atoms. The van der Waals surface area contributed by atoms with Gasteiger partial charge < -0.3 is 4.90 Å². The standard InChI is InChI=1S/C27H27FN2O3/c1-4-5-19-12-17(2)24(18(3)13-19)25-21(31)15-27(16-22(25)32)7-10-30(11-8-27)26(33)20-6-9-29-23(28)14-20/h6,9,12-14,25H,7-8,10-11,15-16H2,1-3H3. The van der Waals surface area contributed by atoms with E-state index in [2.05, 4.69) is 16.8 Å². The van der Waals surface area contributed by atoms with Crippen molar-refractivity contribution >= 4 is 17.5 Å². The zero-order valence-electron chi connectivity index (χ0n) is 19.2. The third kappa shape index (κ3) is 4.45. The Morgan fingerprint density at radius 2 is 1.70 bits per heavy atom. The highest BCUT2D eigenvalue weighted by Gasteiger charge is 2.47. The van der Waals surface area contributed by atoms with Crippen LogP contribution in [-0.4, -0.2) is 40.4 Å². The van der Waals surface area contributed by atoms with Gasteiger partial charge in [0.1, 0.15) is 17.5 Å². The van der Waals surface area contributed by atoms with E-state index in [1.807, 2.05) is 26.0 Å². The van der Waals surface area contributed by atoms with Gasteiger partial charge in [0.2, 0.25) is 5.95 Å². The van der Waals surface area contributed by atoms with Crippen molar-refractivity contribution in [1.82, 2.24) is 9.88 Å². The second kappa shape index (κ2) is 8.90. The number of aryl methyl sites for hydroxylation is 2. The number of hydrogen-bond donors (Lipinski definition) is 0. The van der Waals surface area contributed by atoms with Crippen LogP contribution in [0.2, 0.25) is 0 Å². The van der Waals surface area contributed by atoms with Gasteiger partial charge in [-0.1, -0.05) is 5.92 Å². The number of piperidine rings is 1. The Bertz CT molecular complexity index is 1160. The van der Waals surface area contributed by atoms with E-state index in [1.54, 1.807) is 11.8 Å². The Hall–Kier alpha value is -3.33. The minimum atomic E-state index is -0.723. The van der Waals surface area contributed by atoms with Crippen molar-refractivity contribution in [2.45, 2.75) is 52.4 Å². The van der Waals surface area contributed by atoms with E-state index >= 15 is 0 Å². The number of ketones is 2. The molecule has 1 saturated carbocycles. The van der Waals surface area contributed by atoms with Crippen LogP contribution in [0.25, 0.3) is 0 Å². The molecule has 2 aromatic rings. The fourth-order valence-electron chi connectivity index (χ4n) is 5.41. The number of carbonyl (C=O) groups excluding carboxylic acids is 3. The first-order chi connectivity index (χ1) is 15.7. The lowest BCUT2D eigenvalue weighted by Crippen LogP contribution is -2.48. The Morgan fingerprint density at radius 1 is 1.09 bits per heavy atom. The van der Waals surface area contributed by atoms with Gasteiger partial charge in [0.25, 0.3) is 5.91 Å². The summed E-state index contributed by atoms with van der Waals surface area (Å²) in [6.07, 6.45) is 3.12. The van der Waals surface area contributed by atoms with Crippen LogP contribution in [-0.2, 0) is 9.59 Å². The summed E-state index contributed by atoms with van der Waals surface area (Å²) >= 11 is 0. The molecular weight excluding hydrogens is 419 g/mol. The van der Waals surface area contributed by atoms with E-state index in [0.717, 1.165) is 28.3 Å². The Balaban J connectivity index is 1.49. The first-order valence-electron chi connectivity index (χ1n) is 11.2. The second-order valence-corrected chi connectivity index (χ2v) is 9.28. The Morgan fingerprint density at radius 3 is 2.24 bits per heavy atom. The van der Waals surface area contributed by atoms with Crippen molar-refractivity contribution in [3.05, 3.63) is 64.2 Å². The van der Waals surface area contributed by atoms with Crippen LogP contribution in [0.4, 0.5) is 4.39 Å². The summed E-state index contributed by atoms with van der Waals surface area (Å²) in [5, 5.41) is 0. The molecule has 1 saturated heterocycles. The molecule has 0 bridgehead atoms. The molecule has 1 aromatic carbocycles. The third-order valence-electron chi connectivity index (χ3n) is 6.98. The molecular formula is C27H27FN2O3. The zero-order chi connectivity index (χ0) is 23.8. The van der Waals surface area contributed by atoms with Gasteiger partial charge in [-0.05, 0) is 73.9 Å². The summed E-state index contributed by atoms with van der Waals surface area (Å²) in [5.74, 6) is 4.18. The average Bonchev–Trinajstić information content (AvgIpc) is 2.75. The van der Waals surface area contributed by atoms with Crippen LogP contribution in [0.5, 0.6) is 0 Å². The summed E-state index contributed by atoms with van der Waals surface area (Å²) in [5.41, 5.74) is 3.39. The molecule has 2 fully saturated rings. The summed E-state index contributed by atoms with van der Waals surface area (Å²) in [7, 11) is 0. The van der Waals surface area contributed by atoms with Crippen molar-refractivity contribution in [1.29, 1.82) is 0 Å². The molecule has 5 nitrogen and oxygen atoms in total. The monoisotopic (exact) mass is 446 g/mol. The number of halogens is 1. The molecule has 0 N–H and O–H groups in total. The predicted octanol–water partition coefficient (Wildman–Crippen LogP) is 4.15. The molecule has 1 aromatic heterocycles. The fourth-order valence-corrected chi connectivity index (χ4v) is 5.41. The lowest BCUT2D eigenvalue weighted by molar-refractivity contribution is -0.138. The van der Waals surface area contributed by atoms with Crippen molar-refractivity contribution in [3.8, 4) is 11.8 Å². The van der Waals surface area contributed by atoms with E-state index in [-0.39, 0.29) is 23.0 Å². The molecule has 0 unspecified atom stereocenters. The van der Waals surface area contributed by atoms with Crippen LogP contribution < -0.4 is 0 Å². The van der Waals surface area contributed by atoms with E-state index in [4.69, 9.17) is 0 Å². The van der Waals surface area contributed by atoms with Crippen LogP contribution in [0.15, 0.2) is 30.5 Å². The van der Waals surface area contributed by atoms with Crippen molar-refractivity contribution < 1.29 is 18.8 Å². The van der Waals surface area contributed by atoms with Gasteiger partial charge in [-0.3, -0.25) is 14.4 Å². The molecule has 4 rings (SSSR count). The minimum Gasteiger partial charge on any atom is -0.339 e. The SMILES string of the molecule is CC#Cc1cc(C)c(C2C(=O)CC3(CCN(C(=O)c4ccnc(F)c4)CC3)CC2=O)c(C)c1. The molecule has 2 heterocycles. The lowest BCUT2D eigenvalue weighted by Gasteiger charge is -2.44. The van der Waals surface area contributed by atoms with E-state index in [1.165, 1.54) is 12.3 Å². The van der Waals surface area contributed by atoms with Gasteiger partial charge in [0.15, 0.2) is 0 Å².